The molecule has 4 heterocycles. The summed E-state index contributed by atoms with van der Waals surface area (Å²) in [7, 11) is 0. The third-order valence-corrected chi connectivity index (χ3v) is 12.2. The van der Waals surface area contributed by atoms with Crippen molar-refractivity contribution in [2.75, 3.05) is 0 Å². The van der Waals surface area contributed by atoms with E-state index in [4.69, 9.17) is 15.0 Å². The van der Waals surface area contributed by atoms with Crippen LogP contribution in [-0.2, 0) is 0 Å². The summed E-state index contributed by atoms with van der Waals surface area (Å²) in [5, 5.41) is 7.35. The lowest BCUT2D eigenvalue weighted by atomic mass is 10.1. The highest BCUT2D eigenvalue weighted by atomic mass is 32.1. The summed E-state index contributed by atoms with van der Waals surface area (Å²) in [6.07, 6.45) is 0. The molecule has 51 heavy (non-hydrogen) atoms. The minimum absolute atomic E-state index is 0.648. The van der Waals surface area contributed by atoms with Gasteiger partial charge in [-0.25, -0.2) is 15.0 Å². The third kappa shape index (κ3) is 4.40. The van der Waals surface area contributed by atoms with Gasteiger partial charge in [0.1, 0.15) is 0 Å². The van der Waals surface area contributed by atoms with Crippen LogP contribution in [0.15, 0.2) is 158 Å². The maximum Gasteiger partial charge on any atom is 0.166 e. The summed E-state index contributed by atoms with van der Waals surface area (Å²) in [6, 6.07) is 56.0. The first-order valence-corrected chi connectivity index (χ1v) is 18.6. The molecule has 0 aliphatic rings. The van der Waals surface area contributed by atoms with E-state index < -0.39 is 0 Å². The number of fused-ring (bicyclic) bond motifs is 9. The van der Waals surface area contributed by atoms with Gasteiger partial charge in [-0.2, -0.15) is 0 Å². The van der Waals surface area contributed by atoms with E-state index in [2.05, 4.69) is 162 Å². The Bertz CT molecular complexity index is 3150. The largest absolute Gasteiger partial charge is 0.309 e. The van der Waals surface area contributed by atoms with Gasteiger partial charge >= 0.3 is 0 Å². The first-order valence-electron chi connectivity index (χ1n) is 16.9. The van der Waals surface area contributed by atoms with Gasteiger partial charge < -0.3 is 4.57 Å². The first kappa shape index (κ1) is 28.6. The van der Waals surface area contributed by atoms with E-state index in [9.17, 15) is 0 Å². The lowest BCUT2D eigenvalue weighted by molar-refractivity contribution is 1.07. The standard InChI is InChI=1S/C45H26N4S2/c1-2-12-28(13-3-1)49-37-21-7-4-14-29(37)33-17-10-19-35(41(33)49)44-46-43(27-24-25-32-30-15-5-8-22-38(30)50-40(32)26-27)47-45(48-44)36-20-11-18-34-31-16-6-9-23-39(31)51-42(34)36/h1-26H. The van der Waals surface area contributed by atoms with Crippen LogP contribution >= 0.6 is 22.7 Å². The molecule has 0 aliphatic carbocycles. The zero-order valence-corrected chi connectivity index (χ0v) is 28.7. The van der Waals surface area contributed by atoms with E-state index in [1.54, 1.807) is 22.7 Å². The highest BCUT2D eigenvalue weighted by Gasteiger charge is 2.21. The molecule has 11 rings (SSSR count). The van der Waals surface area contributed by atoms with E-state index in [1.165, 1.54) is 45.7 Å². The van der Waals surface area contributed by atoms with Crippen LogP contribution in [0.1, 0.15) is 0 Å². The van der Waals surface area contributed by atoms with Crippen molar-refractivity contribution in [1.82, 2.24) is 19.5 Å². The Morgan fingerprint density at radius 2 is 0.980 bits per heavy atom. The summed E-state index contributed by atoms with van der Waals surface area (Å²) >= 11 is 3.60. The smallest absolute Gasteiger partial charge is 0.166 e. The minimum atomic E-state index is 0.648. The molecule has 0 saturated carbocycles. The molecule has 0 spiro atoms. The maximum absolute atomic E-state index is 5.35. The van der Waals surface area contributed by atoms with E-state index in [-0.39, 0.29) is 0 Å². The van der Waals surface area contributed by atoms with Crippen molar-refractivity contribution in [3.63, 3.8) is 0 Å². The van der Waals surface area contributed by atoms with Gasteiger partial charge in [-0.3, -0.25) is 0 Å². The normalized spacial score (nSPS) is 11.9. The molecule has 0 amide bonds. The zero-order valence-electron chi connectivity index (χ0n) is 27.1. The number of benzene rings is 7. The topological polar surface area (TPSA) is 43.6 Å². The number of thiophene rings is 2. The first-order chi connectivity index (χ1) is 25.3. The Kier molecular flexibility index (Phi) is 6.26. The van der Waals surface area contributed by atoms with Crippen LogP contribution in [0.5, 0.6) is 0 Å². The minimum Gasteiger partial charge on any atom is -0.309 e. The molecule has 0 unspecified atom stereocenters. The van der Waals surface area contributed by atoms with E-state index >= 15 is 0 Å². The van der Waals surface area contributed by atoms with Gasteiger partial charge in [-0.1, -0.05) is 109 Å². The van der Waals surface area contributed by atoms with Crippen molar-refractivity contribution in [3.05, 3.63) is 158 Å². The monoisotopic (exact) mass is 686 g/mol. The predicted molar refractivity (Wildman–Crippen MR) is 216 cm³/mol. The molecule has 0 N–H and O–H groups in total. The quantitative estimate of drug-likeness (QED) is 0.185. The Balaban J connectivity index is 1.22. The highest BCUT2D eigenvalue weighted by Crippen LogP contribution is 2.42. The van der Waals surface area contributed by atoms with Gasteiger partial charge in [0, 0.05) is 73.5 Å². The van der Waals surface area contributed by atoms with E-state index in [0.29, 0.717) is 17.5 Å². The van der Waals surface area contributed by atoms with Gasteiger partial charge in [-0.15, -0.1) is 22.7 Å². The zero-order chi connectivity index (χ0) is 33.5. The fraction of sp³-hybridized carbons (Fsp3) is 0. The molecule has 0 atom stereocenters. The molecule has 6 heteroatoms. The van der Waals surface area contributed by atoms with Gasteiger partial charge in [0.05, 0.1) is 11.0 Å². The van der Waals surface area contributed by atoms with Crippen LogP contribution in [0, 0.1) is 0 Å². The average molecular weight is 687 g/mol. The Morgan fingerprint density at radius 3 is 1.80 bits per heavy atom. The second-order valence-electron chi connectivity index (χ2n) is 12.8. The summed E-state index contributed by atoms with van der Waals surface area (Å²) in [5.74, 6) is 1.98. The summed E-state index contributed by atoms with van der Waals surface area (Å²) in [4.78, 5) is 15.9. The van der Waals surface area contributed by atoms with Crippen LogP contribution in [0.2, 0.25) is 0 Å². The van der Waals surface area contributed by atoms with Crippen molar-refractivity contribution in [2.45, 2.75) is 0 Å². The molecule has 7 aromatic carbocycles. The van der Waals surface area contributed by atoms with Crippen LogP contribution in [0.3, 0.4) is 0 Å². The van der Waals surface area contributed by atoms with Crippen molar-refractivity contribution in [3.8, 4) is 39.9 Å². The predicted octanol–water partition coefficient (Wildman–Crippen LogP) is 12.7. The lowest BCUT2D eigenvalue weighted by Gasteiger charge is -2.13. The fourth-order valence-electron chi connectivity index (χ4n) is 7.58. The van der Waals surface area contributed by atoms with Crippen molar-refractivity contribution in [1.29, 1.82) is 0 Å². The number of rotatable bonds is 4. The van der Waals surface area contributed by atoms with Gasteiger partial charge in [0.15, 0.2) is 17.5 Å². The molecular weight excluding hydrogens is 661 g/mol. The number of nitrogens with zero attached hydrogens (tertiary/aromatic N) is 4. The van der Waals surface area contributed by atoms with Crippen molar-refractivity contribution < 1.29 is 0 Å². The Hall–Kier alpha value is -6.21. The number of hydrogen-bond acceptors (Lipinski definition) is 5. The van der Waals surface area contributed by atoms with E-state index in [1.807, 2.05) is 0 Å². The Morgan fingerprint density at radius 1 is 0.392 bits per heavy atom. The van der Waals surface area contributed by atoms with E-state index in [0.717, 1.165) is 38.8 Å². The van der Waals surface area contributed by atoms with Gasteiger partial charge in [-0.05, 0) is 48.5 Å². The highest BCUT2D eigenvalue weighted by molar-refractivity contribution is 7.26. The molecule has 4 nitrogen and oxygen atoms in total. The lowest BCUT2D eigenvalue weighted by Crippen LogP contribution is -2.02. The summed E-state index contributed by atoms with van der Waals surface area (Å²) in [5.41, 5.74) is 6.26. The number of hydrogen-bond donors (Lipinski definition) is 0. The van der Waals surface area contributed by atoms with Gasteiger partial charge in [0.25, 0.3) is 0 Å². The molecular formula is C45H26N4S2. The van der Waals surface area contributed by atoms with Crippen molar-refractivity contribution in [2.24, 2.45) is 0 Å². The molecule has 11 aromatic rings. The second-order valence-corrected chi connectivity index (χ2v) is 14.9. The molecule has 0 radical (unpaired) electrons. The van der Waals surface area contributed by atoms with Gasteiger partial charge in [0.2, 0.25) is 0 Å². The Labute approximate surface area is 300 Å². The average Bonchev–Trinajstić information content (AvgIpc) is 3.87. The van der Waals surface area contributed by atoms with Crippen molar-refractivity contribution >= 4 is 84.8 Å². The molecule has 0 bridgehead atoms. The summed E-state index contributed by atoms with van der Waals surface area (Å²) in [6.45, 7) is 0. The second kappa shape index (κ2) is 11.2. The number of para-hydroxylation sites is 3. The summed E-state index contributed by atoms with van der Waals surface area (Å²) < 4.78 is 7.27. The molecule has 0 aliphatic heterocycles. The SMILES string of the molecule is c1ccc(-n2c3ccccc3c3cccc(-c4nc(-c5ccc6c(c5)sc5ccccc56)nc(-c5cccc6c5sc5ccccc56)n4)c32)cc1. The van der Waals surface area contributed by atoms with Crippen LogP contribution in [0.4, 0.5) is 0 Å². The van der Waals surface area contributed by atoms with Crippen LogP contribution < -0.4 is 0 Å². The molecule has 238 valence electrons. The molecule has 0 saturated heterocycles. The fourth-order valence-corrected chi connectivity index (χ4v) is 9.94. The maximum atomic E-state index is 5.35. The third-order valence-electron chi connectivity index (χ3n) is 9.87. The number of aromatic nitrogens is 4. The van der Waals surface area contributed by atoms with Crippen LogP contribution in [0.25, 0.3) is 102 Å². The van der Waals surface area contributed by atoms with Crippen LogP contribution in [-0.4, -0.2) is 19.5 Å². The molecule has 4 aromatic heterocycles. The molecule has 0 fully saturated rings.